The lowest BCUT2D eigenvalue weighted by Crippen LogP contribution is -2.37. The summed E-state index contributed by atoms with van der Waals surface area (Å²) in [4.78, 5) is 0. The summed E-state index contributed by atoms with van der Waals surface area (Å²) in [6.45, 7) is 1.74. The van der Waals surface area contributed by atoms with Gasteiger partial charge in [0, 0.05) is 13.2 Å². The quantitative estimate of drug-likeness (QED) is 0.681. The number of likely N-dealkylation sites (N-methyl/N-ethyl adjacent to an activating group) is 1. The van der Waals surface area contributed by atoms with Gasteiger partial charge in [0.05, 0.1) is 24.2 Å². The van der Waals surface area contributed by atoms with Gasteiger partial charge in [0.25, 0.3) is 0 Å². The Hall–Kier alpha value is -0.630. The van der Waals surface area contributed by atoms with Gasteiger partial charge >= 0.3 is 0 Å². The Bertz CT molecular complexity index is 207. The zero-order chi connectivity index (χ0) is 10.4. The topological polar surface area (TPSA) is 65.3 Å². The molecule has 14 heavy (non-hydrogen) atoms. The average Bonchev–Trinajstić information content (AvgIpc) is 2.19. The summed E-state index contributed by atoms with van der Waals surface area (Å²) in [5, 5.41) is 21.6. The number of nitrogens with zero attached hydrogens (tertiary/aromatic N) is 1. The first-order chi connectivity index (χ1) is 6.72. The van der Waals surface area contributed by atoms with Gasteiger partial charge in [-0.2, -0.15) is 5.26 Å². The molecule has 0 radical (unpaired) electrons. The molecular weight excluding hydrogens is 180 g/mol. The molecule has 4 nitrogen and oxygen atoms in total. The second-order valence-corrected chi connectivity index (χ2v) is 3.96. The van der Waals surface area contributed by atoms with Crippen LogP contribution in [0.25, 0.3) is 0 Å². The van der Waals surface area contributed by atoms with E-state index in [4.69, 9.17) is 10.00 Å². The molecule has 1 aliphatic heterocycles. The van der Waals surface area contributed by atoms with E-state index in [0.717, 1.165) is 19.4 Å². The molecule has 2 atom stereocenters. The average molecular weight is 198 g/mol. The van der Waals surface area contributed by atoms with Gasteiger partial charge in [0.15, 0.2) is 0 Å². The van der Waals surface area contributed by atoms with Crippen LogP contribution < -0.4 is 5.32 Å². The highest BCUT2D eigenvalue weighted by atomic mass is 16.5. The van der Waals surface area contributed by atoms with Crippen LogP contribution in [0.15, 0.2) is 0 Å². The van der Waals surface area contributed by atoms with Crippen LogP contribution >= 0.6 is 0 Å². The van der Waals surface area contributed by atoms with Crippen LogP contribution in [0.3, 0.4) is 0 Å². The van der Waals surface area contributed by atoms with E-state index >= 15 is 0 Å². The van der Waals surface area contributed by atoms with Crippen molar-refractivity contribution in [3.8, 4) is 6.07 Å². The molecule has 0 aliphatic carbocycles. The van der Waals surface area contributed by atoms with Crippen molar-refractivity contribution in [2.75, 3.05) is 26.8 Å². The number of nitrogens with one attached hydrogen (secondary N) is 1. The highest BCUT2D eigenvalue weighted by Crippen LogP contribution is 2.32. The van der Waals surface area contributed by atoms with E-state index in [1.807, 2.05) is 0 Å². The molecule has 0 aromatic carbocycles. The second kappa shape index (κ2) is 5.30. The van der Waals surface area contributed by atoms with Gasteiger partial charge < -0.3 is 15.2 Å². The normalized spacial score (nSPS) is 29.5. The van der Waals surface area contributed by atoms with E-state index in [2.05, 4.69) is 11.4 Å². The Kier molecular flexibility index (Phi) is 4.33. The summed E-state index contributed by atoms with van der Waals surface area (Å²) >= 11 is 0. The molecule has 4 heteroatoms. The molecule has 1 heterocycles. The van der Waals surface area contributed by atoms with Crippen molar-refractivity contribution in [1.82, 2.24) is 5.32 Å². The Morgan fingerprint density at radius 1 is 1.71 bits per heavy atom. The minimum atomic E-state index is -0.464. The summed E-state index contributed by atoms with van der Waals surface area (Å²) in [5.74, 6) is 0. The van der Waals surface area contributed by atoms with E-state index in [1.54, 1.807) is 7.05 Å². The first-order valence-electron chi connectivity index (χ1n) is 5.04. The maximum Gasteiger partial charge on any atom is 0.0832 e. The summed E-state index contributed by atoms with van der Waals surface area (Å²) in [6.07, 6.45) is 1.80. The molecule has 1 saturated heterocycles. The van der Waals surface area contributed by atoms with Crippen LogP contribution in [0.5, 0.6) is 0 Å². The fraction of sp³-hybridized carbons (Fsp3) is 0.900. The van der Waals surface area contributed by atoms with Crippen LogP contribution in [0.1, 0.15) is 19.3 Å². The molecule has 0 aromatic heterocycles. The van der Waals surface area contributed by atoms with Crippen LogP contribution in [0.2, 0.25) is 0 Å². The predicted molar refractivity (Wildman–Crippen MR) is 52.6 cm³/mol. The second-order valence-electron chi connectivity index (χ2n) is 3.96. The number of hydrogen-bond donors (Lipinski definition) is 2. The number of hydrogen-bond acceptors (Lipinski definition) is 4. The highest BCUT2D eigenvalue weighted by molar-refractivity contribution is 5.01. The van der Waals surface area contributed by atoms with Crippen LogP contribution in [-0.4, -0.2) is 38.0 Å². The summed E-state index contributed by atoms with van der Waals surface area (Å²) < 4.78 is 5.30. The molecule has 0 saturated carbocycles. The Morgan fingerprint density at radius 3 is 3.00 bits per heavy atom. The van der Waals surface area contributed by atoms with Crippen LogP contribution in [0.4, 0.5) is 0 Å². The number of aliphatic hydroxyl groups excluding tert-OH is 1. The molecule has 0 spiro atoms. The number of nitriles is 1. The van der Waals surface area contributed by atoms with Gasteiger partial charge in [-0.3, -0.25) is 0 Å². The predicted octanol–water partition coefficient (Wildman–Crippen LogP) is 0.277. The minimum absolute atomic E-state index is 0.457. The number of aliphatic hydroxyl groups is 1. The van der Waals surface area contributed by atoms with Crippen molar-refractivity contribution in [2.24, 2.45) is 5.41 Å². The molecule has 0 aromatic rings. The fourth-order valence-corrected chi connectivity index (χ4v) is 1.91. The maximum absolute atomic E-state index is 9.63. The first-order valence-corrected chi connectivity index (χ1v) is 5.04. The van der Waals surface area contributed by atoms with Gasteiger partial charge in [0.1, 0.15) is 0 Å². The first kappa shape index (κ1) is 11.4. The zero-order valence-corrected chi connectivity index (χ0v) is 8.62. The van der Waals surface area contributed by atoms with E-state index in [9.17, 15) is 5.11 Å². The Morgan fingerprint density at radius 2 is 2.50 bits per heavy atom. The number of rotatable bonds is 4. The molecule has 80 valence electrons. The molecule has 1 aliphatic rings. The summed E-state index contributed by atoms with van der Waals surface area (Å²) in [6, 6.07) is 2.29. The fourth-order valence-electron chi connectivity index (χ4n) is 1.91. The highest BCUT2D eigenvalue weighted by Gasteiger charge is 2.34. The van der Waals surface area contributed by atoms with Crippen LogP contribution in [0, 0.1) is 16.7 Å². The monoisotopic (exact) mass is 198 g/mol. The molecule has 1 rings (SSSR count). The Labute approximate surface area is 84.9 Å². The standard InChI is InChI=1S/C10H18N2O2/c1-12-6-9(13)5-10(7-11)3-2-4-14-8-10/h9,12-13H,2-6,8H2,1H3. The molecule has 2 N–H and O–H groups in total. The van der Waals surface area contributed by atoms with E-state index < -0.39 is 11.5 Å². The van der Waals surface area contributed by atoms with Crippen molar-refractivity contribution in [2.45, 2.75) is 25.4 Å². The van der Waals surface area contributed by atoms with Crippen molar-refractivity contribution in [3.63, 3.8) is 0 Å². The van der Waals surface area contributed by atoms with Gasteiger partial charge in [0.2, 0.25) is 0 Å². The Balaban J connectivity index is 2.48. The lowest BCUT2D eigenvalue weighted by molar-refractivity contribution is -0.00443. The lowest BCUT2D eigenvalue weighted by Gasteiger charge is -2.32. The molecule has 0 bridgehead atoms. The van der Waals surface area contributed by atoms with Gasteiger partial charge in [-0.05, 0) is 26.3 Å². The molecular formula is C10H18N2O2. The minimum Gasteiger partial charge on any atom is -0.392 e. The number of ether oxygens (including phenoxy) is 1. The van der Waals surface area contributed by atoms with E-state index in [1.165, 1.54) is 0 Å². The molecule has 1 fully saturated rings. The van der Waals surface area contributed by atoms with Crippen molar-refractivity contribution < 1.29 is 9.84 Å². The third-order valence-corrected chi connectivity index (χ3v) is 2.63. The van der Waals surface area contributed by atoms with E-state index in [0.29, 0.717) is 19.6 Å². The summed E-state index contributed by atoms with van der Waals surface area (Å²) in [5.41, 5.74) is -0.464. The lowest BCUT2D eigenvalue weighted by atomic mass is 9.79. The largest absolute Gasteiger partial charge is 0.392 e. The summed E-state index contributed by atoms with van der Waals surface area (Å²) in [7, 11) is 1.79. The smallest absolute Gasteiger partial charge is 0.0832 e. The van der Waals surface area contributed by atoms with Crippen molar-refractivity contribution in [1.29, 1.82) is 5.26 Å². The zero-order valence-electron chi connectivity index (χ0n) is 8.62. The third-order valence-electron chi connectivity index (χ3n) is 2.63. The van der Waals surface area contributed by atoms with Crippen molar-refractivity contribution in [3.05, 3.63) is 0 Å². The third kappa shape index (κ3) is 2.95. The SMILES string of the molecule is CNCC(O)CC1(C#N)CCCOC1. The van der Waals surface area contributed by atoms with Crippen molar-refractivity contribution >= 4 is 0 Å². The maximum atomic E-state index is 9.63. The van der Waals surface area contributed by atoms with Gasteiger partial charge in [-0.15, -0.1) is 0 Å². The molecule has 0 amide bonds. The molecule has 2 unspecified atom stereocenters. The van der Waals surface area contributed by atoms with E-state index in [-0.39, 0.29) is 0 Å². The van der Waals surface area contributed by atoms with Crippen LogP contribution in [-0.2, 0) is 4.74 Å². The van der Waals surface area contributed by atoms with Gasteiger partial charge in [-0.25, -0.2) is 0 Å². The van der Waals surface area contributed by atoms with Gasteiger partial charge in [-0.1, -0.05) is 0 Å².